The number of aromatic nitrogens is 1. The van der Waals surface area contributed by atoms with Crippen LogP contribution < -0.4 is 10.7 Å². The number of carbonyl (C=O) groups excluding carboxylic acids is 2. The molecule has 0 fully saturated rings. The van der Waals surface area contributed by atoms with Crippen molar-refractivity contribution >= 4 is 12.2 Å². The number of aliphatic hydroxyl groups is 1. The number of nitrogens with one attached hydrogen (secondary N) is 2. The third-order valence-electron chi connectivity index (χ3n) is 5.16. The number of ether oxygens (including phenoxy) is 2. The van der Waals surface area contributed by atoms with Crippen LogP contribution in [0.1, 0.15) is 37.7 Å². The maximum Gasteiger partial charge on any atom is 0.422 e. The van der Waals surface area contributed by atoms with Crippen molar-refractivity contribution < 1.29 is 28.6 Å². The standard InChI is InChI=1S/C27H34N4O6/c1-27(2,3)37-26(34)30-31(16-22-15-28-19-36-22)17-24(32)23(14-20-10-6-4-7-11-20)29-25(33)35-18-21-12-8-5-9-13-21/h4-13,15,19,23-24,32H,14,16-18H2,1-3H3,(H,29,33)(H,30,34)/t23-,24-/m0/s1. The monoisotopic (exact) mass is 510 g/mol. The Morgan fingerprint density at radius 1 is 1.03 bits per heavy atom. The largest absolute Gasteiger partial charge is 0.447 e. The number of benzene rings is 2. The third kappa shape index (κ3) is 10.3. The normalized spacial score (nSPS) is 13.0. The highest BCUT2D eigenvalue weighted by molar-refractivity contribution is 5.68. The summed E-state index contributed by atoms with van der Waals surface area (Å²) in [5.74, 6) is 0.470. The highest BCUT2D eigenvalue weighted by atomic mass is 16.6. The molecule has 0 aliphatic carbocycles. The highest BCUT2D eigenvalue weighted by Gasteiger charge is 2.27. The molecule has 0 aliphatic rings. The lowest BCUT2D eigenvalue weighted by molar-refractivity contribution is 0.0124. The van der Waals surface area contributed by atoms with Gasteiger partial charge in [-0.3, -0.25) is 5.43 Å². The number of rotatable bonds is 11. The number of alkyl carbamates (subject to hydrolysis) is 1. The number of hydrogen-bond donors (Lipinski definition) is 3. The SMILES string of the molecule is CC(C)(C)OC(=O)NN(Cc1cnco1)C[C@H](O)[C@H](Cc1ccccc1)NC(=O)OCc1ccccc1. The van der Waals surface area contributed by atoms with E-state index in [2.05, 4.69) is 15.7 Å². The molecule has 3 N–H and O–H groups in total. The molecule has 2 aromatic carbocycles. The van der Waals surface area contributed by atoms with E-state index in [0.29, 0.717) is 12.2 Å². The molecule has 3 rings (SSSR count). The minimum atomic E-state index is -1.10. The van der Waals surface area contributed by atoms with E-state index in [9.17, 15) is 14.7 Å². The first kappa shape index (κ1) is 27.7. The molecule has 0 aliphatic heterocycles. The van der Waals surface area contributed by atoms with Crippen LogP contribution in [0.15, 0.2) is 77.7 Å². The minimum Gasteiger partial charge on any atom is -0.447 e. The second-order valence-corrected chi connectivity index (χ2v) is 9.53. The van der Waals surface area contributed by atoms with Gasteiger partial charge in [0.15, 0.2) is 6.39 Å². The van der Waals surface area contributed by atoms with E-state index in [1.807, 2.05) is 60.7 Å². The molecule has 37 heavy (non-hydrogen) atoms. The molecular formula is C27H34N4O6. The quantitative estimate of drug-likeness (QED) is 0.333. The van der Waals surface area contributed by atoms with E-state index < -0.39 is 29.9 Å². The Balaban J connectivity index is 1.70. The summed E-state index contributed by atoms with van der Waals surface area (Å²) in [7, 11) is 0. The Bertz CT molecular complexity index is 1090. The van der Waals surface area contributed by atoms with Crippen molar-refractivity contribution in [2.45, 2.75) is 58.1 Å². The molecule has 0 saturated heterocycles. The molecule has 10 nitrogen and oxygen atoms in total. The summed E-state index contributed by atoms with van der Waals surface area (Å²) in [4.78, 5) is 29.0. The van der Waals surface area contributed by atoms with Gasteiger partial charge < -0.3 is 24.3 Å². The molecular weight excluding hydrogens is 476 g/mol. The predicted molar refractivity (Wildman–Crippen MR) is 136 cm³/mol. The second-order valence-electron chi connectivity index (χ2n) is 9.53. The Labute approximate surface area is 216 Å². The summed E-state index contributed by atoms with van der Waals surface area (Å²) in [5, 5.41) is 15.4. The molecule has 1 heterocycles. The third-order valence-corrected chi connectivity index (χ3v) is 5.16. The second kappa shape index (κ2) is 13.4. The van der Waals surface area contributed by atoms with Crippen molar-refractivity contribution in [1.29, 1.82) is 0 Å². The van der Waals surface area contributed by atoms with Gasteiger partial charge in [0.1, 0.15) is 18.0 Å². The van der Waals surface area contributed by atoms with E-state index in [4.69, 9.17) is 13.9 Å². The van der Waals surface area contributed by atoms with Crippen LogP contribution in [0.4, 0.5) is 9.59 Å². The van der Waals surface area contributed by atoms with E-state index in [0.717, 1.165) is 11.1 Å². The van der Waals surface area contributed by atoms with Gasteiger partial charge in [-0.25, -0.2) is 19.6 Å². The molecule has 0 unspecified atom stereocenters. The van der Waals surface area contributed by atoms with Gasteiger partial charge in [-0.05, 0) is 38.3 Å². The number of amides is 2. The molecule has 2 amide bonds. The van der Waals surface area contributed by atoms with Gasteiger partial charge >= 0.3 is 12.2 Å². The zero-order valence-electron chi connectivity index (χ0n) is 21.3. The first-order valence-corrected chi connectivity index (χ1v) is 12.0. The van der Waals surface area contributed by atoms with Crippen molar-refractivity contribution in [3.63, 3.8) is 0 Å². The van der Waals surface area contributed by atoms with Crippen LogP contribution in [-0.4, -0.2) is 51.6 Å². The molecule has 0 saturated carbocycles. The highest BCUT2D eigenvalue weighted by Crippen LogP contribution is 2.12. The molecule has 10 heteroatoms. The van der Waals surface area contributed by atoms with Gasteiger partial charge in [0.05, 0.1) is 24.9 Å². The van der Waals surface area contributed by atoms with Gasteiger partial charge in [0.25, 0.3) is 0 Å². The smallest absolute Gasteiger partial charge is 0.422 e. The van der Waals surface area contributed by atoms with Crippen molar-refractivity contribution in [2.24, 2.45) is 0 Å². The maximum absolute atomic E-state index is 12.6. The number of hydrazine groups is 1. The molecule has 0 spiro atoms. The Hall–Kier alpha value is -3.89. The number of hydrogen-bond acceptors (Lipinski definition) is 8. The number of aliphatic hydroxyl groups excluding tert-OH is 1. The van der Waals surface area contributed by atoms with Crippen LogP contribution in [0, 0.1) is 0 Å². The van der Waals surface area contributed by atoms with Crippen molar-refractivity contribution in [2.75, 3.05) is 6.54 Å². The van der Waals surface area contributed by atoms with Crippen LogP contribution >= 0.6 is 0 Å². The van der Waals surface area contributed by atoms with E-state index >= 15 is 0 Å². The van der Waals surface area contributed by atoms with Crippen LogP contribution in [-0.2, 0) is 29.0 Å². The minimum absolute atomic E-state index is 0.0452. The van der Waals surface area contributed by atoms with Gasteiger partial charge in [-0.1, -0.05) is 60.7 Å². The number of carbonyl (C=O) groups is 2. The molecule has 3 aromatic rings. The van der Waals surface area contributed by atoms with E-state index in [-0.39, 0.29) is 19.7 Å². The first-order valence-electron chi connectivity index (χ1n) is 12.0. The number of nitrogens with zero attached hydrogens (tertiary/aromatic N) is 2. The van der Waals surface area contributed by atoms with E-state index in [1.54, 1.807) is 20.8 Å². The zero-order chi connectivity index (χ0) is 26.7. The summed E-state index contributed by atoms with van der Waals surface area (Å²) in [6, 6.07) is 18.1. The summed E-state index contributed by atoms with van der Waals surface area (Å²) in [6.07, 6.45) is 0.684. The molecule has 0 bridgehead atoms. The van der Waals surface area contributed by atoms with Crippen molar-refractivity contribution in [3.8, 4) is 0 Å². The average Bonchev–Trinajstić information content (AvgIpc) is 3.35. The van der Waals surface area contributed by atoms with Crippen LogP contribution in [0.2, 0.25) is 0 Å². The van der Waals surface area contributed by atoms with Crippen molar-refractivity contribution in [3.05, 3.63) is 90.1 Å². The summed E-state index contributed by atoms with van der Waals surface area (Å²) in [6.45, 7) is 5.43. The Morgan fingerprint density at radius 3 is 2.27 bits per heavy atom. The molecule has 1 aromatic heterocycles. The van der Waals surface area contributed by atoms with Gasteiger partial charge in [0, 0.05) is 6.54 Å². The van der Waals surface area contributed by atoms with Crippen molar-refractivity contribution in [1.82, 2.24) is 20.7 Å². The first-order chi connectivity index (χ1) is 17.7. The topological polar surface area (TPSA) is 126 Å². The fourth-order valence-corrected chi connectivity index (χ4v) is 3.51. The molecule has 2 atom stereocenters. The van der Waals surface area contributed by atoms with E-state index in [1.165, 1.54) is 17.6 Å². The lowest BCUT2D eigenvalue weighted by atomic mass is 10.0. The lowest BCUT2D eigenvalue weighted by Gasteiger charge is -2.30. The Morgan fingerprint density at radius 2 is 1.68 bits per heavy atom. The van der Waals surface area contributed by atoms with Crippen LogP contribution in [0.3, 0.4) is 0 Å². The van der Waals surface area contributed by atoms with Crippen LogP contribution in [0.25, 0.3) is 0 Å². The van der Waals surface area contributed by atoms with Gasteiger partial charge in [-0.2, -0.15) is 0 Å². The molecule has 0 radical (unpaired) electrons. The Kier molecular flexibility index (Phi) is 10.0. The summed E-state index contributed by atoms with van der Waals surface area (Å²) in [5.41, 5.74) is 3.69. The summed E-state index contributed by atoms with van der Waals surface area (Å²) < 4.78 is 16.0. The summed E-state index contributed by atoms with van der Waals surface area (Å²) >= 11 is 0. The zero-order valence-corrected chi connectivity index (χ0v) is 21.3. The van der Waals surface area contributed by atoms with Gasteiger partial charge in [-0.15, -0.1) is 0 Å². The maximum atomic E-state index is 12.6. The number of oxazole rings is 1. The predicted octanol–water partition coefficient (Wildman–Crippen LogP) is 3.81. The molecule has 198 valence electrons. The fraction of sp³-hybridized carbons (Fsp3) is 0.370. The lowest BCUT2D eigenvalue weighted by Crippen LogP contribution is -2.53. The van der Waals surface area contributed by atoms with Crippen LogP contribution in [0.5, 0.6) is 0 Å². The average molecular weight is 511 g/mol. The fourth-order valence-electron chi connectivity index (χ4n) is 3.51. The van der Waals surface area contributed by atoms with Gasteiger partial charge in [0.2, 0.25) is 0 Å².